The normalized spacial score (nSPS) is 24.7. The lowest BCUT2D eigenvalue weighted by Gasteiger charge is -2.41. The highest BCUT2D eigenvalue weighted by atomic mass is 15.2. The summed E-state index contributed by atoms with van der Waals surface area (Å²) in [5.74, 6) is 1.06. The largest absolute Gasteiger partial charge is 0.356 e. The zero-order valence-electron chi connectivity index (χ0n) is 14.9. The van der Waals surface area contributed by atoms with E-state index in [2.05, 4.69) is 44.8 Å². The molecule has 0 aromatic carbocycles. The van der Waals surface area contributed by atoms with Crippen LogP contribution in [0.5, 0.6) is 0 Å². The molecule has 23 heavy (non-hydrogen) atoms. The number of likely N-dealkylation sites (tertiary alicyclic amines) is 2. The van der Waals surface area contributed by atoms with E-state index in [4.69, 9.17) is 0 Å². The van der Waals surface area contributed by atoms with E-state index < -0.39 is 0 Å². The summed E-state index contributed by atoms with van der Waals surface area (Å²) in [6.45, 7) is 6.98. The third kappa shape index (κ3) is 4.21. The van der Waals surface area contributed by atoms with Gasteiger partial charge in [-0.3, -0.25) is 0 Å². The zero-order chi connectivity index (χ0) is 16.2. The smallest absolute Gasteiger partial charge is 0.132 e. The van der Waals surface area contributed by atoms with E-state index in [0.717, 1.165) is 17.6 Å². The summed E-state index contributed by atoms with van der Waals surface area (Å²) in [6.07, 6.45) is 8.29. The van der Waals surface area contributed by atoms with E-state index in [9.17, 15) is 0 Å². The number of likely N-dealkylation sites (N-methyl/N-ethyl adjacent to an activating group) is 1. The second-order valence-electron chi connectivity index (χ2n) is 7.29. The number of piperidine rings is 2. The van der Waals surface area contributed by atoms with Crippen LogP contribution in [-0.2, 0) is 0 Å². The van der Waals surface area contributed by atoms with Crippen LogP contribution in [0.15, 0.2) is 12.4 Å². The highest BCUT2D eigenvalue weighted by Gasteiger charge is 2.27. The highest BCUT2D eigenvalue weighted by molar-refractivity contribution is 5.39. The number of nitrogens with zero attached hydrogens (tertiary/aromatic N) is 5. The fourth-order valence-electron chi connectivity index (χ4n) is 3.98. The first-order valence-corrected chi connectivity index (χ1v) is 9.07. The van der Waals surface area contributed by atoms with Crippen LogP contribution < -0.4 is 4.90 Å². The van der Waals surface area contributed by atoms with E-state index >= 15 is 0 Å². The molecule has 2 saturated heterocycles. The van der Waals surface area contributed by atoms with Crippen LogP contribution in [0.2, 0.25) is 0 Å². The molecule has 0 bridgehead atoms. The summed E-state index contributed by atoms with van der Waals surface area (Å²) < 4.78 is 0. The first-order valence-electron chi connectivity index (χ1n) is 9.07. The van der Waals surface area contributed by atoms with Gasteiger partial charge in [0.15, 0.2) is 0 Å². The minimum atomic E-state index is 0.602. The van der Waals surface area contributed by atoms with Gasteiger partial charge in [-0.2, -0.15) is 0 Å². The fourth-order valence-corrected chi connectivity index (χ4v) is 3.98. The molecule has 0 radical (unpaired) electrons. The predicted molar refractivity (Wildman–Crippen MR) is 94.9 cm³/mol. The summed E-state index contributed by atoms with van der Waals surface area (Å²) in [7, 11) is 4.47. The lowest BCUT2D eigenvalue weighted by molar-refractivity contribution is 0.112. The van der Waals surface area contributed by atoms with Crippen LogP contribution in [0.3, 0.4) is 0 Å². The summed E-state index contributed by atoms with van der Waals surface area (Å²) in [5.41, 5.74) is 1.04. The van der Waals surface area contributed by atoms with E-state index in [1.165, 1.54) is 58.3 Å². The maximum Gasteiger partial charge on any atom is 0.132 e. The Morgan fingerprint density at radius 3 is 2.61 bits per heavy atom. The van der Waals surface area contributed by atoms with Crippen LogP contribution in [0.4, 0.5) is 5.82 Å². The number of anilines is 1. The van der Waals surface area contributed by atoms with Crippen molar-refractivity contribution >= 4 is 5.82 Å². The van der Waals surface area contributed by atoms with Gasteiger partial charge >= 0.3 is 0 Å². The molecule has 1 unspecified atom stereocenters. The quantitative estimate of drug-likeness (QED) is 0.850. The molecule has 5 nitrogen and oxygen atoms in total. The Labute approximate surface area is 140 Å². The molecule has 128 valence electrons. The molecule has 2 fully saturated rings. The molecule has 1 aromatic heterocycles. The van der Waals surface area contributed by atoms with Gasteiger partial charge in [-0.05, 0) is 46.2 Å². The molecule has 1 atom stereocenters. The first-order chi connectivity index (χ1) is 11.1. The van der Waals surface area contributed by atoms with Crippen LogP contribution in [0.25, 0.3) is 0 Å². The zero-order valence-corrected chi connectivity index (χ0v) is 14.9. The van der Waals surface area contributed by atoms with Crippen molar-refractivity contribution in [1.82, 2.24) is 19.8 Å². The first kappa shape index (κ1) is 16.7. The average Bonchev–Trinajstić information content (AvgIpc) is 2.57. The number of rotatable bonds is 4. The lowest BCUT2D eigenvalue weighted by Crippen LogP contribution is -2.49. The molecule has 3 rings (SSSR count). The number of aryl methyl sites for hydroxylation is 1. The Morgan fingerprint density at radius 1 is 1.13 bits per heavy atom. The highest BCUT2D eigenvalue weighted by Crippen LogP contribution is 2.22. The minimum absolute atomic E-state index is 0.602. The molecule has 0 N–H and O–H groups in total. The van der Waals surface area contributed by atoms with E-state index in [0.29, 0.717) is 6.04 Å². The molecule has 5 heteroatoms. The van der Waals surface area contributed by atoms with Crippen LogP contribution in [0, 0.1) is 6.92 Å². The van der Waals surface area contributed by atoms with Crippen LogP contribution in [0.1, 0.15) is 37.8 Å². The summed E-state index contributed by atoms with van der Waals surface area (Å²) >= 11 is 0. The van der Waals surface area contributed by atoms with Crippen molar-refractivity contribution < 1.29 is 0 Å². The molecule has 0 saturated carbocycles. The van der Waals surface area contributed by atoms with Gasteiger partial charge in [-0.25, -0.2) is 9.97 Å². The van der Waals surface area contributed by atoms with Gasteiger partial charge in [0.1, 0.15) is 12.1 Å². The van der Waals surface area contributed by atoms with Crippen molar-refractivity contribution in [3.63, 3.8) is 0 Å². The second kappa shape index (κ2) is 7.58. The topological polar surface area (TPSA) is 35.5 Å². The van der Waals surface area contributed by atoms with Crippen LogP contribution in [-0.4, -0.2) is 72.1 Å². The molecule has 0 spiro atoms. The van der Waals surface area contributed by atoms with Gasteiger partial charge in [0.05, 0.1) is 0 Å². The Hall–Kier alpha value is -1.20. The van der Waals surface area contributed by atoms with Crippen molar-refractivity contribution in [3.05, 3.63) is 18.1 Å². The van der Waals surface area contributed by atoms with Crippen molar-refractivity contribution in [1.29, 1.82) is 0 Å². The van der Waals surface area contributed by atoms with E-state index in [1.54, 1.807) is 6.33 Å². The fraction of sp³-hybridized carbons (Fsp3) is 0.778. The Bertz CT molecular complexity index is 498. The molecule has 2 aliphatic rings. The van der Waals surface area contributed by atoms with Crippen molar-refractivity contribution in [2.75, 3.05) is 45.2 Å². The van der Waals surface area contributed by atoms with Gasteiger partial charge in [0.25, 0.3) is 0 Å². The van der Waals surface area contributed by atoms with Gasteiger partial charge in [0, 0.05) is 50.5 Å². The third-order valence-corrected chi connectivity index (χ3v) is 5.65. The number of aromatic nitrogens is 2. The standard InChI is InChI=1S/C18H31N5/c1-15-12-18(20-14-19-15)22(3)16-7-10-23(11-8-16)13-17-6-4-5-9-21(17)2/h12,14,16-17H,4-11,13H2,1-3H3. The molecule has 0 amide bonds. The number of hydrogen-bond donors (Lipinski definition) is 0. The van der Waals surface area contributed by atoms with E-state index in [-0.39, 0.29) is 0 Å². The predicted octanol–water partition coefficient (Wildman–Crippen LogP) is 2.17. The van der Waals surface area contributed by atoms with Crippen molar-refractivity contribution in [2.45, 2.75) is 51.1 Å². The molecular weight excluding hydrogens is 286 g/mol. The molecular formula is C18H31N5. The van der Waals surface area contributed by atoms with Crippen LogP contribution >= 0.6 is 0 Å². The van der Waals surface area contributed by atoms with Crippen molar-refractivity contribution in [2.24, 2.45) is 0 Å². The maximum atomic E-state index is 4.43. The third-order valence-electron chi connectivity index (χ3n) is 5.65. The SMILES string of the molecule is Cc1cc(N(C)C2CCN(CC3CCCCN3C)CC2)ncn1. The second-order valence-corrected chi connectivity index (χ2v) is 7.29. The van der Waals surface area contributed by atoms with Gasteiger partial charge in [-0.1, -0.05) is 6.42 Å². The van der Waals surface area contributed by atoms with E-state index in [1.807, 2.05) is 6.92 Å². The maximum absolute atomic E-state index is 4.43. The Morgan fingerprint density at radius 2 is 1.91 bits per heavy atom. The Kier molecular flexibility index (Phi) is 5.49. The molecule has 0 aliphatic carbocycles. The molecule has 2 aliphatic heterocycles. The minimum Gasteiger partial charge on any atom is -0.356 e. The monoisotopic (exact) mass is 317 g/mol. The average molecular weight is 317 g/mol. The van der Waals surface area contributed by atoms with Crippen molar-refractivity contribution in [3.8, 4) is 0 Å². The molecule has 1 aromatic rings. The summed E-state index contributed by atoms with van der Waals surface area (Å²) in [6, 6.07) is 3.45. The summed E-state index contributed by atoms with van der Waals surface area (Å²) in [5, 5.41) is 0. The van der Waals surface area contributed by atoms with Gasteiger partial charge in [0.2, 0.25) is 0 Å². The van der Waals surface area contributed by atoms with Gasteiger partial charge < -0.3 is 14.7 Å². The number of hydrogen-bond acceptors (Lipinski definition) is 5. The molecule has 3 heterocycles. The Balaban J connectivity index is 1.50. The lowest BCUT2D eigenvalue weighted by atomic mass is 9.99. The van der Waals surface area contributed by atoms with Gasteiger partial charge in [-0.15, -0.1) is 0 Å². The summed E-state index contributed by atoms with van der Waals surface area (Å²) in [4.78, 5) is 16.2.